The molecule has 1 fully saturated rings. The van der Waals surface area contributed by atoms with Crippen LogP contribution >= 0.6 is 0 Å². The second kappa shape index (κ2) is 12.9. The maximum Gasteiger partial charge on any atom is 0.270 e. The monoisotopic (exact) mass is 501 g/mol. The lowest BCUT2D eigenvalue weighted by Gasteiger charge is -2.26. The highest BCUT2D eigenvalue weighted by Gasteiger charge is 2.23. The lowest BCUT2D eigenvalue weighted by molar-refractivity contribution is -0.131. The normalized spacial score (nSPS) is 14.5. The minimum absolute atomic E-state index is 0.0851. The molecule has 8 nitrogen and oxygen atoms in total. The fourth-order valence-corrected chi connectivity index (χ4v) is 4.30. The first-order chi connectivity index (χ1) is 18.0. The first kappa shape index (κ1) is 26.2. The average Bonchev–Trinajstić information content (AvgIpc) is 2.93. The van der Waals surface area contributed by atoms with Gasteiger partial charge in [0, 0.05) is 38.0 Å². The number of carbonyl (C=O) groups is 3. The molecule has 1 unspecified atom stereocenters. The van der Waals surface area contributed by atoms with E-state index in [1.807, 2.05) is 12.1 Å². The van der Waals surface area contributed by atoms with Gasteiger partial charge in [-0.25, -0.2) is 5.48 Å². The number of morpholine rings is 1. The summed E-state index contributed by atoms with van der Waals surface area (Å²) in [7, 11) is 0. The minimum Gasteiger partial charge on any atom is -0.379 e. The van der Waals surface area contributed by atoms with Crippen molar-refractivity contribution in [2.45, 2.75) is 25.4 Å². The largest absolute Gasteiger partial charge is 0.379 e. The Morgan fingerprint density at radius 3 is 1.97 bits per heavy atom. The topological polar surface area (TPSA) is 108 Å². The molecule has 1 aliphatic rings. The average molecular weight is 502 g/mol. The molecule has 0 bridgehead atoms. The number of nitrogens with one attached hydrogen (secondary N) is 2. The zero-order valence-electron chi connectivity index (χ0n) is 20.6. The van der Waals surface area contributed by atoms with Gasteiger partial charge in [-0.05, 0) is 34.4 Å². The Balaban J connectivity index is 1.30. The third kappa shape index (κ3) is 7.57. The number of Topliss-reactive ketones (excluding diaryl/α,β-unsaturated/α-hetero) is 1. The Morgan fingerprint density at radius 2 is 1.38 bits per heavy atom. The van der Waals surface area contributed by atoms with Crippen LogP contribution in [0.4, 0.5) is 0 Å². The van der Waals surface area contributed by atoms with Crippen molar-refractivity contribution in [2.75, 3.05) is 26.3 Å². The van der Waals surface area contributed by atoms with E-state index < -0.39 is 17.9 Å². The Labute approximate surface area is 216 Å². The molecule has 0 aromatic heterocycles. The summed E-state index contributed by atoms with van der Waals surface area (Å²) in [4.78, 5) is 39.8. The molecule has 2 amide bonds. The van der Waals surface area contributed by atoms with E-state index in [2.05, 4.69) is 22.3 Å². The van der Waals surface area contributed by atoms with Gasteiger partial charge in [0.2, 0.25) is 0 Å². The summed E-state index contributed by atoms with van der Waals surface area (Å²) in [6, 6.07) is 22.5. The van der Waals surface area contributed by atoms with Crippen molar-refractivity contribution in [1.29, 1.82) is 0 Å². The molecule has 37 heavy (non-hydrogen) atoms. The number of hydrogen-bond acceptors (Lipinski definition) is 6. The van der Waals surface area contributed by atoms with E-state index in [9.17, 15) is 14.4 Å². The van der Waals surface area contributed by atoms with E-state index in [0.29, 0.717) is 17.5 Å². The fourth-order valence-electron chi connectivity index (χ4n) is 4.30. The van der Waals surface area contributed by atoms with Gasteiger partial charge >= 0.3 is 0 Å². The summed E-state index contributed by atoms with van der Waals surface area (Å²) in [5.74, 6) is -1.12. The maximum atomic E-state index is 12.7. The standard InChI is InChI=1S/C29H31N3O5/c33-26(18-21-6-8-23(9-7-21)20-32-14-16-37-17-15-32)19-22-10-12-25(13-11-22)28(34)30-27(29(35)31-36)24-4-2-1-3-5-24/h1-13,27,36H,14-20H2,(H,30,34)(H,31,35). The molecule has 3 N–H and O–H groups in total. The summed E-state index contributed by atoms with van der Waals surface area (Å²) < 4.78 is 5.39. The summed E-state index contributed by atoms with van der Waals surface area (Å²) in [5.41, 5.74) is 5.48. The van der Waals surface area contributed by atoms with Crippen LogP contribution in [-0.2, 0) is 33.7 Å². The Bertz CT molecular complexity index is 1190. The van der Waals surface area contributed by atoms with Crippen LogP contribution in [-0.4, -0.2) is 54.0 Å². The van der Waals surface area contributed by atoms with Gasteiger partial charge in [-0.15, -0.1) is 0 Å². The van der Waals surface area contributed by atoms with Crippen molar-refractivity contribution >= 4 is 17.6 Å². The molecule has 3 aromatic carbocycles. The van der Waals surface area contributed by atoms with Crippen LogP contribution in [0, 0.1) is 0 Å². The molecule has 4 rings (SSSR count). The van der Waals surface area contributed by atoms with Crippen molar-refractivity contribution in [2.24, 2.45) is 0 Å². The minimum atomic E-state index is -1.04. The fraction of sp³-hybridized carbons (Fsp3) is 0.276. The molecule has 0 spiro atoms. The van der Waals surface area contributed by atoms with Gasteiger partial charge in [-0.1, -0.05) is 66.7 Å². The third-order valence-electron chi connectivity index (χ3n) is 6.33. The quantitative estimate of drug-likeness (QED) is 0.291. The summed E-state index contributed by atoms with van der Waals surface area (Å²) in [5, 5.41) is 11.7. The van der Waals surface area contributed by atoms with Gasteiger partial charge in [0.15, 0.2) is 0 Å². The van der Waals surface area contributed by atoms with Crippen molar-refractivity contribution < 1.29 is 24.3 Å². The predicted octanol–water partition coefficient (Wildman–Crippen LogP) is 2.85. The third-order valence-corrected chi connectivity index (χ3v) is 6.33. The van der Waals surface area contributed by atoms with Crippen LogP contribution in [0.2, 0.25) is 0 Å². The van der Waals surface area contributed by atoms with Gasteiger partial charge in [-0.3, -0.25) is 24.5 Å². The number of benzene rings is 3. The SMILES string of the molecule is O=C(Cc1ccc(CN2CCOCC2)cc1)Cc1ccc(C(=O)NC(C(=O)NO)c2ccccc2)cc1. The van der Waals surface area contributed by atoms with Gasteiger partial charge < -0.3 is 10.1 Å². The number of amides is 2. The first-order valence-electron chi connectivity index (χ1n) is 12.3. The van der Waals surface area contributed by atoms with E-state index in [1.165, 1.54) is 5.56 Å². The smallest absolute Gasteiger partial charge is 0.270 e. The van der Waals surface area contributed by atoms with Crippen LogP contribution in [0.25, 0.3) is 0 Å². The molecule has 1 heterocycles. The van der Waals surface area contributed by atoms with Gasteiger partial charge in [0.25, 0.3) is 11.8 Å². The van der Waals surface area contributed by atoms with Gasteiger partial charge in [0.1, 0.15) is 11.8 Å². The molecule has 1 saturated heterocycles. The first-order valence-corrected chi connectivity index (χ1v) is 12.3. The number of ketones is 1. The number of nitrogens with zero attached hydrogens (tertiary/aromatic N) is 1. The molecule has 192 valence electrons. The molecule has 0 aliphatic carbocycles. The molecular formula is C29H31N3O5. The highest BCUT2D eigenvalue weighted by molar-refractivity contribution is 5.97. The van der Waals surface area contributed by atoms with Gasteiger partial charge in [0.05, 0.1) is 13.2 Å². The van der Waals surface area contributed by atoms with E-state index >= 15 is 0 Å². The van der Waals surface area contributed by atoms with Crippen molar-refractivity contribution in [3.63, 3.8) is 0 Å². The zero-order valence-corrected chi connectivity index (χ0v) is 20.6. The van der Waals surface area contributed by atoms with E-state index in [0.717, 1.165) is 44.0 Å². The lowest BCUT2D eigenvalue weighted by Crippen LogP contribution is -2.39. The second-order valence-electron chi connectivity index (χ2n) is 9.09. The highest BCUT2D eigenvalue weighted by atomic mass is 16.5. The van der Waals surface area contributed by atoms with Crippen LogP contribution in [0.3, 0.4) is 0 Å². The summed E-state index contributed by atoms with van der Waals surface area (Å²) >= 11 is 0. The zero-order chi connectivity index (χ0) is 26.0. The molecule has 1 aliphatic heterocycles. The van der Waals surface area contributed by atoms with Gasteiger partial charge in [-0.2, -0.15) is 0 Å². The number of rotatable bonds is 10. The highest BCUT2D eigenvalue weighted by Crippen LogP contribution is 2.15. The van der Waals surface area contributed by atoms with Crippen LogP contribution < -0.4 is 10.8 Å². The Kier molecular flexibility index (Phi) is 9.15. The number of ether oxygens (including phenoxy) is 1. The molecule has 3 aromatic rings. The molecule has 8 heteroatoms. The number of carbonyl (C=O) groups excluding carboxylic acids is 3. The van der Waals surface area contributed by atoms with Crippen LogP contribution in [0.1, 0.15) is 38.7 Å². The number of hydroxylamine groups is 1. The summed E-state index contributed by atoms with van der Waals surface area (Å²) in [6.07, 6.45) is 0.603. The Morgan fingerprint density at radius 1 is 0.811 bits per heavy atom. The number of hydrogen-bond donors (Lipinski definition) is 3. The molecular weight excluding hydrogens is 470 g/mol. The van der Waals surface area contributed by atoms with Crippen molar-refractivity contribution in [3.05, 3.63) is 107 Å². The second-order valence-corrected chi connectivity index (χ2v) is 9.09. The van der Waals surface area contributed by atoms with Crippen LogP contribution in [0.5, 0.6) is 0 Å². The molecule has 0 radical (unpaired) electrons. The van der Waals surface area contributed by atoms with E-state index in [4.69, 9.17) is 9.94 Å². The summed E-state index contributed by atoms with van der Waals surface area (Å²) in [6.45, 7) is 4.30. The molecule has 1 atom stereocenters. The van der Waals surface area contributed by atoms with Crippen molar-refractivity contribution in [1.82, 2.24) is 15.7 Å². The van der Waals surface area contributed by atoms with E-state index in [-0.39, 0.29) is 12.2 Å². The van der Waals surface area contributed by atoms with Crippen molar-refractivity contribution in [3.8, 4) is 0 Å². The Hall–Kier alpha value is -3.85. The van der Waals surface area contributed by atoms with Crippen LogP contribution in [0.15, 0.2) is 78.9 Å². The van der Waals surface area contributed by atoms with E-state index in [1.54, 1.807) is 60.1 Å². The lowest BCUT2D eigenvalue weighted by atomic mass is 10.0. The maximum absolute atomic E-state index is 12.7. The predicted molar refractivity (Wildman–Crippen MR) is 138 cm³/mol. The molecule has 0 saturated carbocycles.